The Morgan fingerprint density at radius 3 is 3.00 bits per heavy atom. The van der Waals surface area contributed by atoms with Gasteiger partial charge in [-0.15, -0.1) is 22.9 Å². The fourth-order valence-electron chi connectivity index (χ4n) is 2.90. The molecule has 1 unspecified atom stereocenters. The summed E-state index contributed by atoms with van der Waals surface area (Å²) in [4.78, 5) is 17.4. The van der Waals surface area contributed by atoms with Gasteiger partial charge in [-0.1, -0.05) is 0 Å². The number of thiophene rings is 1. The minimum absolute atomic E-state index is 0.0964. The first-order chi connectivity index (χ1) is 9.63. The second-order valence-corrected chi connectivity index (χ2v) is 6.90. The van der Waals surface area contributed by atoms with Crippen LogP contribution in [0.25, 0.3) is 0 Å². The molecule has 1 saturated heterocycles. The molecule has 0 saturated carbocycles. The summed E-state index contributed by atoms with van der Waals surface area (Å²) in [5.74, 6) is 0.800. The normalized spacial score (nSPS) is 22.9. The molecule has 0 radical (unpaired) electrons. The van der Waals surface area contributed by atoms with Gasteiger partial charge in [-0.3, -0.25) is 4.79 Å². The Labute approximate surface area is 127 Å². The molecule has 1 amide bonds. The lowest BCUT2D eigenvalue weighted by molar-refractivity contribution is -0.117. The highest BCUT2D eigenvalue weighted by atomic mass is 35.5. The van der Waals surface area contributed by atoms with Crippen molar-refractivity contribution in [1.29, 1.82) is 5.26 Å². The van der Waals surface area contributed by atoms with E-state index in [4.69, 9.17) is 11.6 Å². The Balaban J connectivity index is 1.98. The molecule has 1 atom stereocenters. The summed E-state index contributed by atoms with van der Waals surface area (Å²) < 4.78 is 0. The highest BCUT2D eigenvalue weighted by Gasteiger charge is 2.34. The number of rotatable bonds is 2. The zero-order chi connectivity index (χ0) is 14.3. The van der Waals surface area contributed by atoms with Crippen molar-refractivity contribution in [3.05, 3.63) is 16.0 Å². The van der Waals surface area contributed by atoms with Gasteiger partial charge in [0.15, 0.2) is 0 Å². The van der Waals surface area contributed by atoms with E-state index in [1.54, 1.807) is 16.2 Å². The topological polar surface area (TPSA) is 47.3 Å². The Morgan fingerprint density at radius 1 is 1.55 bits per heavy atom. The lowest BCUT2D eigenvalue weighted by Crippen LogP contribution is -2.26. The molecule has 1 aromatic heterocycles. The number of likely N-dealkylation sites (N-methyl/N-ethyl adjacent to an activating group) is 1. The third-order valence-electron chi connectivity index (χ3n) is 4.01. The Kier molecular flexibility index (Phi) is 3.72. The van der Waals surface area contributed by atoms with Crippen molar-refractivity contribution in [3.8, 4) is 6.07 Å². The van der Waals surface area contributed by atoms with Gasteiger partial charge in [0.2, 0.25) is 5.91 Å². The third kappa shape index (κ3) is 2.22. The molecule has 2 aliphatic rings. The van der Waals surface area contributed by atoms with Crippen LogP contribution in [0.15, 0.2) is 0 Å². The molecule has 3 heterocycles. The predicted octanol–water partition coefficient (Wildman–Crippen LogP) is 2.20. The highest BCUT2D eigenvalue weighted by Crippen LogP contribution is 2.40. The van der Waals surface area contributed by atoms with Gasteiger partial charge in [0.1, 0.15) is 11.1 Å². The van der Waals surface area contributed by atoms with Crippen molar-refractivity contribution in [2.45, 2.75) is 19.4 Å². The summed E-state index contributed by atoms with van der Waals surface area (Å²) in [6.45, 7) is 2.48. The van der Waals surface area contributed by atoms with Gasteiger partial charge in [0, 0.05) is 36.8 Å². The van der Waals surface area contributed by atoms with Crippen molar-refractivity contribution >= 4 is 33.8 Å². The second-order valence-electron chi connectivity index (χ2n) is 5.51. The summed E-state index contributed by atoms with van der Waals surface area (Å²) in [5, 5.41) is 10.3. The quantitative estimate of drug-likeness (QED) is 0.787. The van der Waals surface area contributed by atoms with Gasteiger partial charge in [-0.05, 0) is 24.9 Å². The summed E-state index contributed by atoms with van der Waals surface area (Å²) >= 11 is 7.47. The molecule has 0 bridgehead atoms. The van der Waals surface area contributed by atoms with Crippen LogP contribution in [0.3, 0.4) is 0 Å². The second kappa shape index (κ2) is 5.36. The van der Waals surface area contributed by atoms with Gasteiger partial charge >= 0.3 is 0 Å². The van der Waals surface area contributed by atoms with Crippen LogP contribution in [0, 0.1) is 17.2 Å². The number of nitrogens with zero attached hydrogens (tertiary/aromatic N) is 3. The van der Waals surface area contributed by atoms with Crippen LogP contribution in [-0.2, 0) is 17.8 Å². The minimum Gasteiger partial charge on any atom is -0.302 e. The largest absolute Gasteiger partial charge is 0.302 e. The zero-order valence-corrected chi connectivity index (χ0v) is 12.9. The number of carbonyl (C=O) groups excluding carboxylic acids is 1. The molecule has 0 aliphatic carbocycles. The average Bonchev–Trinajstić information content (AvgIpc) is 2.97. The zero-order valence-electron chi connectivity index (χ0n) is 11.4. The van der Waals surface area contributed by atoms with Crippen molar-refractivity contribution in [2.75, 3.05) is 30.9 Å². The molecule has 0 spiro atoms. The van der Waals surface area contributed by atoms with Crippen LogP contribution < -0.4 is 4.90 Å². The molecule has 20 heavy (non-hydrogen) atoms. The fraction of sp³-hybridized carbons (Fsp3) is 0.571. The Morgan fingerprint density at radius 2 is 2.35 bits per heavy atom. The third-order valence-corrected chi connectivity index (χ3v) is 5.69. The highest BCUT2D eigenvalue weighted by molar-refractivity contribution is 7.16. The molecule has 1 aromatic rings. The number of nitriles is 1. The molecular weight excluding hydrogens is 294 g/mol. The first-order valence-corrected chi connectivity index (χ1v) is 8.08. The Hall–Kier alpha value is -1.09. The summed E-state index contributed by atoms with van der Waals surface area (Å²) in [7, 11) is 2.08. The molecule has 2 aliphatic heterocycles. The van der Waals surface area contributed by atoms with E-state index < -0.39 is 0 Å². The lowest BCUT2D eigenvalue weighted by Gasteiger charge is -2.21. The maximum Gasteiger partial charge on any atom is 0.228 e. The van der Waals surface area contributed by atoms with Crippen LogP contribution >= 0.6 is 22.9 Å². The number of amides is 1. The average molecular weight is 310 g/mol. The summed E-state index contributed by atoms with van der Waals surface area (Å²) in [6, 6.07) is 2.31. The fourth-order valence-corrected chi connectivity index (χ4v) is 4.51. The van der Waals surface area contributed by atoms with E-state index in [2.05, 4.69) is 18.0 Å². The van der Waals surface area contributed by atoms with Gasteiger partial charge < -0.3 is 9.80 Å². The van der Waals surface area contributed by atoms with Gasteiger partial charge in [-0.25, -0.2) is 0 Å². The van der Waals surface area contributed by atoms with Crippen molar-refractivity contribution in [1.82, 2.24) is 4.90 Å². The molecule has 1 fully saturated rings. The summed E-state index contributed by atoms with van der Waals surface area (Å²) in [5.41, 5.74) is 1.86. The van der Waals surface area contributed by atoms with Crippen molar-refractivity contribution in [3.63, 3.8) is 0 Å². The molecule has 6 heteroatoms. The standard InChI is InChI=1S/C14H16ClN3OS/c1-17-3-2-10-11(6-16)14(20-12(10)8-17)18-7-9(5-15)4-13(18)19/h9H,2-5,7-8H2,1H3. The molecular formula is C14H16ClN3OS. The first-order valence-electron chi connectivity index (χ1n) is 6.73. The van der Waals surface area contributed by atoms with Gasteiger partial charge in [0.25, 0.3) is 0 Å². The molecule has 0 aromatic carbocycles. The van der Waals surface area contributed by atoms with Gasteiger partial charge in [-0.2, -0.15) is 5.26 Å². The SMILES string of the molecule is CN1CCc2c(sc(N3CC(CCl)CC3=O)c2C#N)C1. The molecule has 3 rings (SSSR count). The van der Waals surface area contributed by atoms with E-state index in [1.807, 2.05) is 0 Å². The Bertz CT molecular complexity index is 592. The number of hydrogen-bond donors (Lipinski definition) is 0. The monoisotopic (exact) mass is 309 g/mol. The first kappa shape index (κ1) is 13.9. The van der Waals surface area contributed by atoms with Crippen LogP contribution in [0.2, 0.25) is 0 Å². The maximum atomic E-state index is 12.1. The van der Waals surface area contributed by atoms with E-state index in [-0.39, 0.29) is 11.8 Å². The lowest BCUT2D eigenvalue weighted by atomic mass is 10.0. The smallest absolute Gasteiger partial charge is 0.228 e. The van der Waals surface area contributed by atoms with E-state index in [0.29, 0.717) is 24.4 Å². The van der Waals surface area contributed by atoms with Crippen molar-refractivity contribution < 1.29 is 4.79 Å². The number of fused-ring (bicyclic) bond motifs is 1. The number of halogens is 1. The number of carbonyl (C=O) groups is 1. The molecule has 0 N–H and O–H groups in total. The van der Waals surface area contributed by atoms with E-state index in [1.165, 1.54) is 4.88 Å². The van der Waals surface area contributed by atoms with Crippen LogP contribution in [0.1, 0.15) is 22.4 Å². The number of hydrogen-bond acceptors (Lipinski definition) is 4. The number of alkyl halides is 1. The number of anilines is 1. The van der Waals surface area contributed by atoms with Crippen LogP contribution in [0.4, 0.5) is 5.00 Å². The summed E-state index contributed by atoms with van der Waals surface area (Å²) in [6.07, 6.45) is 1.39. The predicted molar refractivity (Wildman–Crippen MR) is 80.3 cm³/mol. The van der Waals surface area contributed by atoms with E-state index in [9.17, 15) is 10.1 Å². The van der Waals surface area contributed by atoms with Crippen LogP contribution in [-0.4, -0.2) is 36.8 Å². The van der Waals surface area contributed by atoms with Crippen molar-refractivity contribution in [2.24, 2.45) is 5.92 Å². The maximum absolute atomic E-state index is 12.1. The molecule has 106 valence electrons. The minimum atomic E-state index is 0.0964. The van der Waals surface area contributed by atoms with Crippen LogP contribution in [0.5, 0.6) is 0 Å². The van der Waals surface area contributed by atoms with Gasteiger partial charge in [0.05, 0.1) is 5.56 Å². The molecule has 4 nitrogen and oxygen atoms in total. The van der Waals surface area contributed by atoms with E-state index >= 15 is 0 Å². The van der Waals surface area contributed by atoms with E-state index in [0.717, 1.165) is 30.1 Å².